The van der Waals surface area contributed by atoms with Gasteiger partial charge in [0, 0.05) is 66.4 Å². The van der Waals surface area contributed by atoms with Gasteiger partial charge in [-0.3, -0.25) is 14.5 Å². The Bertz CT molecular complexity index is 1050. The Hall–Kier alpha value is -2.19. The molecule has 1 saturated heterocycles. The second-order valence-corrected chi connectivity index (χ2v) is 9.55. The van der Waals surface area contributed by atoms with Gasteiger partial charge in [-0.25, -0.2) is 0 Å². The molecule has 32 heavy (non-hydrogen) atoms. The van der Waals surface area contributed by atoms with E-state index >= 15 is 0 Å². The van der Waals surface area contributed by atoms with E-state index in [0.717, 1.165) is 48.3 Å². The molecule has 2 amide bonds. The van der Waals surface area contributed by atoms with E-state index in [0.29, 0.717) is 34.8 Å². The topological polar surface area (TPSA) is 64.7 Å². The first-order chi connectivity index (χ1) is 15.4. The molecule has 0 atom stereocenters. The number of hydrogen-bond donors (Lipinski definition) is 2. The van der Waals surface area contributed by atoms with Gasteiger partial charge < -0.3 is 15.5 Å². The lowest BCUT2D eigenvalue weighted by atomic mass is 10.0. The monoisotopic (exact) mass is 516 g/mol. The highest BCUT2D eigenvalue weighted by Gasteiger charge is 2.30. The molecule has 0 radical (unpaired) electrons. The standard InChI is InChI=1S/C24H26BrClN4O2/c1-29-10-12-30(13-11-29)9-8-27-24(32)22-20-7-2-17(25)14-16(20)15-21(22)23(31)28-19-5-3-18(26)4-6-19/h2-7,14H,8-13,15H2,1H3,(H,27,32)(H,28,31). The molecule has 6 nitrogen and oxygen atoms in total. The second kappa shape index (κ2) is 10.2. The van der Waals surface area contributed by atoms with Crippen molar-refractivity contribution in [1.29, 1.82) is 0 Å². The lowest BCUT2D eigenvalue weighted by Gasteiger charge is -2.32. The summed E-state index contributed by atoms with van der Waals surface area (Å²) in [6, 6.07) is 12.7. The minimum atomic E-state index is -0.274. The van der Waals surface area contributed by atoms with Crippen LogP contribution in [0.2, 0.25) is 5.02 Å². The maximum Gasteiger partial charge on any atom is 0.252 e. The molecule has 0 saturated carbocycles. The second-order valence-electron chi connectivity index (χ2n) is 8.19. The number of anilines is 1. The lowest BCUT2D eigenvalue weighted by Crippen LogP contribution is -2.47. The molecule has 2 aromatic carbocycles. The lowest BCUT2D eigenvalue weighted by molar-refractivity contribution is -0.116. The molecule has 8 heteroatoms. The van der Waals surface area contributed by atoms with Gasteiger partial charge >= 0.3 is 0 Å². The predicted octanol–water partition coefficient (Wildman–Crippen LogP) is 3.41. The van der Waals surface area contributed by atoms with Crippen LogP contribution in [-0.4, -0.2) is 67.9 Å². The van der Waals surface area contributed by atoms with Gasteiger partial charge in [-0.1, -0.05) is 33.6 Å². The smallest absolute Gasteiger partial charge is 0.252 e. The number of halogens is 2. The van der Waals surface area contributed by atoms with Gasteiger partial charge in [0.1, 0.15) is 0 Å². The summed E-state index contributed by atoms with van der Waals surface area (Å²) in [5.41, 5.74) is 3.35. The molecule has 1 heterocycles. The molecule has 1 aliphatic carbocycles. The van der Waals surface area contributed by atoms with Crippen molar-refractivity contribution in [3.05, 3.63) is 68.7 Å². The van der Waals surface area contributed by atoms with Crippen molar-refractivity contribution in [3.63, 3.8) is 0 Å². The van der Waals surface area contributed by atoms with Gasteiger partial charge in [0.25, 0.3) is 11.8 Å². The number of carbonyl (C=O) groups is 2. The van der Waals surface area contributed by atoms with Gasteiger partial charge in [-0.05, 0) is 54.6 Å². The Morgan fingerprint density at radius 2 is 1.75 bits per heavy atom. The zero-order chi connectivity index (χ0) is 22.7. The van der Waals surface area contributed by atoms with Gasteiger partial charge in [0.2, 0.25) is 0 Å². The minimum Gasteiger partial charge on any atom is -0.351 e. The van der Waals surface area contributed by atoms with Crippen LogP contribution in [0.5, 0.6) is 0 Å². The molecule has 0 aromatic heterocycles. The predicted molar refractivity (Wildman–Crippen MR) is 132 cm³/mol. The fourth-order valence-corrected chi connectivity index (χ4v) is 4.61. The van der Waals surface area contributed by atoms with Gasteiger partial charge in [-0.15, -0.1) is 0 Å². The first kappa shape index (κ1) is 23.0. The molecular weight excluding hydrogens is 492 g/mol. The summed E-state index contributed by atoms with van der Waals surface area (Å²) in [4.78, 5) is 31.0. The Morgan fingerprint density at radius 3 is 2.47 bits per heavy atom. The number of rotatable bonds is 6. The number of piperazine rings is 1. The Morgan fingerprint density at radius 1 is 1.03 bits per heavy atom. The Labute approximate surface area is 201 Å². The summed E-state index contributed by atoms with van der Waals surface area (Å²) < 4.78 is 0.922. The molecule has 0 spiro atoms. The van der Waals surface area contributed by atoms with Crippen molar-refractivity contribution in [2.24, 2.45) is 0 Å². The molecule has 2 N–H and O–H groups in total. The highest BCUT2D eigenvalue weighted by Crippen LogP contribution is 2.35. The zero-order valence-electron chi connectivity index (χ0n) is 18.0. The van der Waals surface area contributed by atoms with Gasteiger partial charge in [0.15, 0.2) is 0 Å². The van der Waals surface area contributed by atoms with Crippen molar-refractivity contribution in [2.45, 2.75) is 6.42 Å². The normalized spacial score (nSPS) is 16.7. The molecule has 1 fully saturated rings. The number of benzene rings is 2. The maximum atomic E-state index is 13.2. The molecule has 4 rings (SSSR count). The Kier molecular flexibility index (Phi) is 7.30. The van der Waals surface area contributed by atoms with E-state index in [1.165, 1.54) is 0 Å². The molecule has 0 bridgehead atoms. The number of carbonyl (C=O) groups excluding carboxylic acids is 2. The molecule has 168 valence electrons. The highest BCUT2D eigenvalue weighted by molar-refractivity contribution is 9.10. The van der Waals surface area contributed by atoms with E-state index in [4.69, 9.17) is 11.6 Å². The van der Waals surface area contributed by atoms with Crippen molar-refractivity contribution in [2.75, 3.05) is 51.6 Å². The van der Waals surface area contributed by atoms with E-state index < -0.39 is 0 Å². The number of likely N-dealkylation sites (N-methyl/N-ethyl adjacent to an activating group) is 1. The molecule has 0 unspecified atom stereocenters. The summed E-state index contributed by atoms with van der Waals surface area (Å²) in [5, 5.41) is 6.53. The van der Waals surface area contributed by atoms with Crippen LogP contribution in [0, 0.1) is 0 Å². The van der Waals surface area contributed by atoms with Crippen molar-refractivity contribution in [3.8, 4) is 0 Å². The fourth-order valence-electron chi connectivity index (χ4n) is 4.07. The number of hydrogen-bond acceptors (Lipinski definition) is 4. The van der Waals surface area contributed by atoms with Crippen molar-refractivity contribution < 1.29 is 9.59 Å². The largest absolute Gasteiger partial charge is 0.351 e. The van der Waals surface area contributed by atoms with Gasteiger partial charge in [0.05, 0.1) is 5.57 Å². The average molecular weight is 518 g/mol. The number of nitrogens with one attached hydrogen (secondary N) is 2. The van der Waals surface area contributed by atoms with E-state index in [-0.39, 0.29) is 11.8 Å². The number of nitrogens with zero attached hydrogens (tertiary/aromatic N) is 2. The van der Waals surface area contributed by atoms with Crippen LogP contribution in [0.15, 0.2) is 52.5 Å². The summed E-state index contributed by atoms with van der Waals surface area (Å²) in [7, 11) is 2.12. The van der Waals surface area contributed by atoms with E-state index in [9.17, 15) is 9.59 Å². The summed E-state index contributed by atoms with van der Waals surface area (Å²) in [6.07, 6.45) is 0.412. The number of amides is 2. The van der Waals surface area contributed by atoms with Crippen LogP contribution in [0.25, 0.3) is 5.57 Å². The van der Waals surface area contributed by atoms with E-state index in [1.54, 1.807) is 24.3 Å². The summed E-state index contributed by atoms with van der Waals surface area (Å²) in [5.74, 6) is -0.481. The zero-order valence-corrected chi connectivity index (χ0v) is 20.3. The van der Waals surface area contributed by atoms with Crippen LogP contribution in [-0.2, 0) is 16.0 Å². The molecule has 2 aliphatic rings. The van der Waals surface area contributed by atoms with Crippen LogP contribution in [0.1, 0.15) is 11.1 Å². The first-order valence-corrected chi connectivity index (χ1v) is 11.9. The van der Waals surface area contributed by atoms with Crippen molar-refractivity contribution in [1.82, 2.24) is 15.1 Å². The SMILES string of the molecule is CN1CCN(CCNC(=O)C2=C(C(=O)Nc3ccc(Cl)cc3)Cc3cc(Br)ccc32)CC1. The summed E-state index contributed by atoms with van der Waals surface area (Å²) >= 11 is 9.43. The third kappa shape index (κ3) is 5.41. The first-order valence-electron chi connectivity index (χ1n) is 10.7. The quantitative estimate of drug-likeness (QED) is 0.616. The summed E-state index contributed by atoms with van der Waals surface area (Å²) in [6.45, 7) is 5.42. The maximum absolute atomic E-state index is 13.2. The van der Waals surface area contributed by atoms with E-state index in [2.05, 4.69) is 43.4 Å². The third-order valence-electron chi connectivity index (χ3n) is 5.92. The Balaban J connectivity index is 1.49. The van der Waals surface area contributed by atoms with Crippen LogP contribution in [0.4, 0.5) is 5.69 Å². The van der Waals surface area contributed by atoms with Crippen molar-refractivity contribution >= 4 is 50.6 Å². The minimum absolute atomic E-state index is 0.207. The van der Waals surface area contributed by atoms with E-state index in [1.807, 2.05) is 18.2 Å². The van der Waals surface area contributed by atoms with Crippen LogP contribution >= 0.6 is 27.5 Å². The average Bonchev–Trinajstić information content (AvgIpc) is 3.15. The third-order valence-corrected chi connectivity index (χ3v) is 6.66. The number of fused-ring (bicyclic) bond motifs is 1. The molecular formula is C24H26BrClN4O2. The molecule has 2 aromatic rings. The van der Waals surface area contributed by atoms with Gasteiger partial charge in [-0.2, -0.15) is 0 Å². The molecule has 1 aliphatic heterocycles. The van der Waals surface area contributed by atoms with Crippen LogP contribution < -0.4 is 10.6 Å². The fraction of sp³-hybridized carbons (Fsp3) is 0.333. The highest BCUT2D eigenvalue weighted by atomic mass is 79.9. The van der Waals surface area contributed by atoms with Crippen LogP contribution in [0.3, 0.4) is 0 Å².